The fourth-order valence-corrected chi connectivity index (χ4v) is 3.49. The molecule has 3 aromatic rings. The van der Waals surface area contributed by atoms with Crippen molar-refractivity contribution in [1.82, 2.24) is 5.32 Å². The lowest BCUT2D eigenvalue weighted by molar-refractivity contribution is 0.305. The van der Waals surface area contributed by atoms with E-state index in [0.29, 0.717) is 18.3 Å². The molecule has 0 unspecified atom stereocenters. The number of unbranched alkanes of at least 4 members (excludes halogenated alkanes) is 2. The molecular weight excluding hydrogens is 464 g/mol. The summed E-state index contributed by atoms with van der Waals surface area (Å²) in [6.07, 6.45) is 2.99. The van der Waals surface area contributed by atoms with Crippen molar-refractivity contribution in [3.8, 4) is 11.5 Å². The molecule has 0 aliphatic rings. The summed E-state index contributed by atoms with van der Waals surface area (Å²) < 4.78 is 11.6. The monoisotopic (exact) mass is 494 g/mol. The molecule has 0 aromatic heterocycles. The van der Waals surface area contributed by atoms with Gasteiger partial charge in [-0.25, -0.2) is 0 Å². The maximum Gasteiger partial charge on any atom is 0.170 e. The zero-order valence-corrected chi connectivity index (χ0v) is 20.6. The zero-order valence-electron chi connectivity index (χ0n) is 19.0. The Labute approximate surface area is 211 Å². The van der Waals surface area contributed by atoms with Crippen LogP contribution in [0.25, 0.3) is 0 Å². The Morgan fingerprint density at radius 3 is 2.29 bits per heavy atom. The summed E-state index contributed by atoms with van der Waals surface area (Å²) in [5, 5.41) is 10.2. The van der Waals surface area contributed by atoms with E-state index in [0.717, 1.165) is 54.2 Å². The maximum absolute atomic E-state index is 5.81. The lowest BCUT2D eigenvalue weighted by atomic mass is 10.2. The first-order chi connectivity index (χ1) is 16.6. The van der Waals surface area contributed by atoms with Gasteiger partial charge in [-0.05, 0) is 85.7 Å². The highest BCUT2D eigenvalue weighted by Crippen LogP contribution is 2.18. The average Bonchev–Trinajstić information content (AvgIpc) is 2.83. The smallest absolute Gasteiger partial charge is 0.170 e. The van der Waals surface area contributed by atoms with Crippen LogP contribution < -0.4 is 31.2 Å². The van der Waals surface area contributed by atoms with Gasteiger partial charge in [0, 0.05) is 24.0 Å². The molecule has 6 nitrogen and oxygen atoms in total. The molecule has 3 rings (SSSR count). The molecule has 0 fully saturated rings. The molecule has 0 spiro atoms. The van der Waals surface area contributed by atoms with Crippen LogP contribution in [0.15, 0.2) is 78.9 Å². The Bertz CT molecular complexity index is 1050. The number of anilines is 2. The van der Waals surface area contributed by atoms with Gasteiger partial charge < -0.3 is 31.2 Å². The third-order valence-electron chi connectivity index (χ3n) is 4.84. The van der Waals surface area contributed by atoms with E-state index >= 15 is 0 Å². The normalized spacial score (nSPS) is 10.2. The van der Waals surface area contributed by atoms with Crippen molar-refractivity contribution in [2.75, 3.05) is 23.8 Å². The number of hydrogen-bond acceptors (Lipinski definition) is 4. The number of nitrogens with one attached hydrogen (secondary N) is 3. The van der Waals surface area contributed by atoms with Crippen molar-refractivity contribution in [3.63, 3.8) is 0 Å². The number of ether oxygens (including phenoxy) is 2. The van der Waals surface area contributed by atoms with E-state index < -0.39 is 0 Å². The van der Waals surface area contributed by atoms with E-state index in [2.05, 4.69) is 16.0 Å². The summed E-state index contributed by atoms with van der Waals surface area (Å²) in [6.45, 7) is 2.00. The first-order valence-electron chi connectivity index (χ1n) is 11.2. The molecule has 34 heavy (non-hydrogen) atoms. The maximum atomic E-state index is 5.81. The second-order valence-electron chi connectivity index (χ2n) is 7.61. The third-order valence-corrected chi connectivity index (χ3v) is 5.19. The summed E-state index contributed by atoms with van der Waals surface area (Å²) in [4.78, 5) is 0. The van der Waals surface area contributed by atoms with Crippen LogP contribution in [0.4, 0.5) is 11.4 Å². The predicted molar refractivity (Wildman–Crippen MR) is 148 cm³/mol. The Hall–Kier alpha value is -3.36. The molecule has 8 heteroatoms. The molecule has 0 bridgehead atoms. The lowest BCUT2D eigenvalue weighted by Crippen LogP contribution is -2.29. The minimum Gasteiger partial charge on any atom is -0.494 e. The van der Waals surface area contributed by atoms with Crippen LogP contribution >= 0.6 is 24.4 Å². The zero-order chi connectivity index (χ0) is 24.0. The van der Waals surface area contributed by atoms with E-state index in [-0.39, 0.29) is 5.11 Å². The van der Waals surface area contributed by atoms with Crippen LogP contribution in [0.2, 0.25) is 0 Å². The summed E-state index contributed by atoms with van der Waals surface area (Å²) in [5.74, 6) is 1.61. The first-order valence-corrected chi connectivity index (χ1v) is 12.0. The number of benzene rings is 3. The van der Waals surface area contributed by atoms with E-state index in [1.807, 2.05) is 78.9 Å². The summed E-state index contributed by atoms with van der Waals surface area (Å²) >= 11 is 10.2. The van der Waals surface area contributed by atoms with Crippen molar-refractivity contribution >= 4 is 46.0 Å². The second-order valence-corrected chi connectivity index (χ2v) is 8.45. The van der Waals surface area contributed by atoms with Gasteiger partial charge in [0.05, 0.1) is 6.61 Å². The number of nitrogens with two attached hydrogens (primary N) is 1. The van der Waals surface area contributed by atoms with E-state index in [1.165, 1.54) is 0 Å². The van der Waals surface area contributed by atoms with Crippen LogP contribution in [-0.2, 0) is 6.61 Å². The highest BCUT2D eigenvalue weighted by atomic mass is 32.1. The van der Waals surface area contributed by atoms with Gasteiger partial charge in [0.1, 0.15) is 18.1 Å². The molecule has 178 valence electrons. The number of rotatable bonds is 12. The summed E-state index contributed by atoms with van der Waals surface area (Å²) in [6, 6.07) is 25.5. The van der Waals surface area contributed by atoms with E-state index in [9.17, 15) is 0 Å². The topological polar surface area (TPSA) is 80.6 Å². The van der Waals surface area contributed by atoms with Crippen LogP contribution in [-0.4, -0.2) is 23.4 Å². The van der Waals surface area contributed by atoms with Crippen LogP contribution in [0.5, 0.6) is 11.5 Å². The minimum absolute atomic E-state index is 0.238. The fraction of sp³-hybridized carbons (Fsp3) is 0.231. The largest absolute Gasteiger partial charge is 0.494 e. The standard InChI is InChI=1S/C26H30N4O2S2/c27-25(33)29-22-10-7-11-24(18-22)31-17-6-2-5-16-28-26(34)30-21-12-14-23(15-13-21)32-19-20-8-3-1-4-9-20/h1,3-4,7-15,18H,2,5-6,16-17,19H2,(H3,27,29,33)(H2,28,30,34). The van der Waals surface area contributed by atoms with Crippen molar-refractivity contribution in [3.05, 3.63) is 84.4 Å². The first kappa shape index (κ1) is 25.3. The molecule has 0 aliphatic heterocycles. The molecule has 0 amide bonds. The number of hydrogen-bond donors (Lipinski definition) is 4. The predicted octanol–water partition coefficient (Wildman–Crippen LogP) is 5.46. The SMILES string of the molecule is NC(=S)Nc1cccc(OCCCCCNC(=S)Nc2ccc(OCc3ccccc3)cc2)c1. The molecule has 0 aliphatic carbocycles. The van der Waals surface area contributed by atoms with Gasteiger partial charge in [-0.1, -0.05) is 36.4 Å². The summed E-state index contributed by atoms with van der Waals surface area (Å²) in [7, 11) is 0. The van der Waals surface area contributed by atoms with Crippen LogP contribution in [0.1, 0.15) is 24.8 Å². The molecule has 0 heterocycles. The van der Waals surface area contributed by atoms with Gasteiger partial charge in [-0.15, -0.1) is 0 Å². The Morgan fingerprint density at radius 2 is 1.53 bits per heavy atom. The Morgan fingerprint density at radius 1 is 0.735 bits per heavy atom. The minimum atomic E-state index is 0.238. The van der Waals surface area contributed by atoms with Gasteiger partial charge in [0.25, 0.3) is 0 Å². The average molecular weight is 495 g/mol. The Kier molecular flexibility index (Phi) is 10.4. The van der Waals surface area contributed by atoms with Crippen molar-refractivity contribution in [2.45, 2.75) is 25.9 Å². The lowest BCUT2D eigenvalue weighted by Gasteiger charge is -2.12. The quantitative estimate of drug-likeness (QED) is 0.195. The van der Waals surface area contributed by atoms with Crippen LogP contribution in [0, 0.1) is 0 Å². The van der Waals surface area contributed by atoms with Gasteiger partial charge in [0.15, 0.2) is 10.2 Å². The third kappa shape index (κ3) is 9.64. The number of thiocarbonyl (C=S) groups is 2. The van der Waals surface area contributed by atoms with E-state index in [1.54, 1.807) is 0 Å². The molecule has 3 aromatic carbocycles. The molecule has 0 radical (unpaired) electrons. The van der Waals surface area contributed by atoms with Crippen molar-refractivity contribution < 1.29 is 9.47 Å². The second kappa shape index (κ2) is 14.0. The summed E-state index contributed by atoms with van der Waals surface area (Å²) in [5.41, 5.74) is 8.38. The van der Waals surface area contributed by atoms with Gasteiger partial charge >= 0.3 is 0 Å². The molecule has 5 N–H and O–H groups in total. The van der Waals surface area contributed by atoms with Crippen molar-refractivity contribution in [1.29, 1.82) is 0 Å². The highest BCUT2D eigenvalue weighted by molar-refractivity contribution is 7.80. The van der Waals surface area contributed by atoms with Gasteiger partial charge in [-0.3, -0.25) is 0 Å². The molecule has 0 saturated carbocycles. The molecule has 0 atom stereocenters. The highest BCUT2D eigenvalue weighted by Gasteiger charge is 2.01. The van der Waals surface area contributed by atoms with E-state index in [4.69, 9.17) is 39.6 Å². The van der Waals surface area contributed by atoms with Crippen LogP contribution in [0.3, 0.4) is 0 Å². The molecular formula is C26H30N4O2S2. The van der Waals surface area contributed by atoms with Gasteiger partial charge in [-0.2, -0.15) is 0 Å². The fourth-order valence-electron chi connectivity index (χ4n) is 3.15. The van der Waals surface area contributed by atoms with Crippen molar-refractivity contribution in [2.24, 2.45) is 5.73 Å². The Balaban J connectivity index is 1.25. The molecule has 0 saturated heterocycles. The van der Waals surface area contributed by atoms with Gasteiger partial charge in [0.2, 0.25) is 0 Å².